The van der Waals surface area contributed by atoms with Gasteiger partial charge in [0.1, 0.15) is 0 Å². The lowest BCUT2D eigenvalue weighted by Gasteiger charge is -2.22. The molecule has 0 saturated carbocycles. The molecule has 33 heavy (non-hydrogen) atoms. The number of nitrogens with zero attached hydrogens (tertiary/aromatic N) is 1. The molecule has 0 saturated heterocycles. The van der Waals surface area contributed by atoms with Gasteiger partial charge in [0.2, 0.25) is 11.8 Å². The van der Waals surface area contributed by atoms with Gasteiger partial charge in [-0.1, -0.05) is 24.3 Å². The van der Waals surface area contributed by atoms with E-state index in [4.69, 9.17) is 5.73 Å². The maximum atomic E-state index is 12.9. The molecule has 2 aromatic carbocycles. The molecule has 7 nitrogen and oxygen atoms in total. The Labute approximate surface area is 199 Å². The van der Waals surface area contributed by atoms with Crippen LogP contribution in [-0.4, -0.2) is 22.5 Å². The minimum Gasteiger partial charge on any atom is -0.366 e. The van der Waals surface area contributed by atoms with Gasteiger partial charge < -0.3 is 11.1 Å². The van der Waals surface area contributed by atoms with Gasteiger partial charge in [-0.05, 0) is 66.0 Å². The summed E-state index contributed by atoms with van der Waals surface area (Å²) in [7, 11) is 0. The molecule has 0 spiro atoms. The average Bonchev–Trinajstić information content (AvgIpc) is 3.35. The summed E-state index contributed by atoms with van der Waals surface area (Å²) in [5.74, 6) is -0.968. The summed E-state index contributed by atoms with van der Waals surface area (Å²) in [5, 5.41) is 16.5. The minimum atomic E-state index is -0.740. The number of amides is 2. The van der Waals surface area contributed by atoms with Crippen LogP contribution in [0.3, 0.4) is 0 Å². The Hall–Kier alpha value is -3.17. The van der Waals surface area contributed by atoms with Crippen molar-refractivity contribution in [3.05, 3.63) is 91.2 Å². The van der Waals surface area contributed by atoms with Gasteiger partial charge in [-0.3, -0.25) is 19.7 Å². The van der Waals surface area contributed by atoms with Crippen molar-refractivity contribution in [2.24, 2.45) is 5.73 Å². The van der Waals surface area contributed by atoms with Gasteiger partial charge in [0, 0.05) is 16.5 Å². The molecule has 1 aliphatic carbocycles. The zero-order valence-electron chi connectivity index (χ0n) is 17.8. The molecule has 170 valence electrons. The van der Waals surface area contributed by atoms with E-state index < -0.39 is 10.8 Å². The molecule has 1 heterocycles. The number of hydrogen-bond donors (Lipinski definition) is 2. The Morgan fingerprint density at radius 3 is 2.61 bits per heavy atom. The summed E-state index contributed by atoms with van der Waals surface area (Å²) in [4.78, 5) is 36.4. The molecular weight excluding hydrogens is 458 g/mol. The van der Waals surface area contributed by atoms with E-state index in [2.05, 4.69) is 23.5 Å². The van der Waals surface area contributed by atoms with Crippen LogP contribution in [-0.2, 0) is 17.6 Å². The monoisotopic (exact) mass is 481 g/mol. The number of thiophene rings is 1. The van der Waals surface area contributed by atoms with E-state index in [1.807, 2.05) is 17.5 Å². The highest BCUT2D eigenvalue weighted by molar-refractivity contribution is 8.00. The number of carbonyl (C=O) groups excluding carboxylic acids is 2. The highest BCUT2D eigenvalue weighted by Gasteiger charge is 2.22. The zero-order valence-corrected chi connectivity index (χ0v) is 19.4. The van der Waals surface area contributed by atoms with E-state index in [0.717, 1.165) is 41.1 Å². The zero-order chi connectivity index (χ0) is 23.4. The van der Waals surface area contributed by atoms with Gasteiger partial charge in [-0.25, -0.2) is 0 Å². The Balaban J connectivity index is 1.51. The van der Waals surface area contributed by atoms with Gasteiger partial charge in [-0.2, -0.15) is 0 Å². The number of nitro benzene ring substituents is 1. The topological polar surface area (TPSA) is 115 Å². The van der Waals surface area contributed by atoms with E-state index in [1.165, 1.54) is 36.1 Å². The van der Waals surface area contributed by atoms with Gasteiger partial charge in [0.05, 0.1) is 21.6 Å². The SMILES string of the molecule is NC(=O)c1ccc(SCC(=O)NC(c2ccc3c(c2)CCCC3)c2cccs2)c([N+](=O)[O-])c1. The summed E-state index contributed by atoms with van der Waals surface area (Å²) in [6, 6.07) is 14.1. The first-order valence-electron chi connectivity index (χ1n) is 10.6. The molecule has 0 radical (unpaired) electrons. The first kappa shape index (κ1) is 23.0. The predicted octanol–water partition coefficient (Wildman–Crippen LogP) is 4.63. The molecular formula is C24H23N3O4S2. The van der Waals surface area contributed by atoms with Crippen molar-refractivity contribution in [3.63, 3.8) is 0 Å². The lowest BCUT2D eigenvalue weighted by Crippen LogP contribution is -2.30. The van der Waals surface area contributed by atoms with Gasteiger partial charge in [0.25, 0.3) is 5.69 Å². The summed E-state index contributed by atoms with van der Waals surface area (Å²) < 4.78 is 0. The smallest absolute Gasteiger partial charge is 0.283 e. The van der Waals surface area contributed by atoms with Crippen molar-refractivity contribution in [3.8, 4) is 0 Å². The number of nitro groups is 1. The summed E-state index contributed by atoms with van der Waals surface area (Å²) in [6.07, 6.45) is 4.53. The van der Waals surface area contributed by atoms with Gasteiger partial charge in [0.15, 0.2) is 0 Å². The second-order valence-corrected chi connectivity index (χ2v) is 9.84. The van der Waals surface area contributed by atoms with Crippen LogP contribution in [0.5, 0.6) is 0 Å². The number of nitrogens with two attached hydrogens (primary N) is 1. The van der Waals surface area contributed by atoms with Crippen LogP contribution in [0.25, 0.3) is 0 Å². The van der Waals surface area contributed by atoms with Crippen LogP contribution in [0.1, 0.15) is 50.8 Å². The molecule has 0 fully saturated rings. The van der Waals surface area contributed by atoms with Crippen molar-refractivity contribution in [2.45, 2.75) is 36.6 Å². The molecule has 9 heteroatoms. The van der Waals surface area contributed by atoms with Crippen LogP contribution >= 0.6 is 23.1 Å². The van der Waals surface area contributed by atoms with E-state index >= 15 is 0 Å². The molecule has 0 aliphatic heterocycles. The van der Waals surface area contributed by atoms with Crippen LogP contribution in [0.15, 0.2) is 58.8 Å². The quantitative estimate of drug-likeness (QED) is 0.276. The number of nitrogens with one attached hydrogen (secondary N) is 1. The van der Waals surface area contributed by atoms with Crippen molar-refractivity contribution in [1.82, 2.24) is 5.32 Å². The third kappa shape index (κ3) is 5.43. The molecule has 1 unspecified atom stereocenters. The minimum absolute atomic E-state index is 0.00355. The molecule has 0 bridgehead atoms. The van der Waals surface area contributed by atoms with E-state index in [1.54, 1.807) is 11.3 Å². The number of carbonyl (C=O) groups is 2. The summed E-state index contributed by atoms with van der Waals surface area (Å²) >= 11 is 2.63. The standard InChI is InChI=1S/C24H23N3O4S2/c25-24(29)18-9-10-20(19(13-18)27(30)31)33-14-22(28)26-23(21-6-3-11-32-21)17-8-7-15-4-1-2-5-16(15)12-17/h3,6-13,23H,1-2,4-5,14H2,(H2,25,29)(H,26,28). The maximum absolute atomic E-state index is 12.9. The second-order valence-electron chi connectivity index (χ2n) is 7.84. The van der Waals surface area contributed by atoms with Crippen molar-refractivity contribution < 1.29 is 14.5 Å². The number of fused-ring (bicyclic) bond motifs is 1. The maximum Gasteiger partial charge on any atom is 0.283 e. The van der Waals surface area contributed by atoms with Crippen LogP contribution in [0.4, 0.5) is 5.69 Å². The fraction of sp³-hybridized carbons (Fsp3) is 0.250. The fourth-order valence-corrected chi connectivity index (χ4v) is 5.61. The largest absolute Gasteiger partial charge is 0.366 e. The van der Waals surface area contributed by atoms with E-state index in [9.17, 15) is 19.7 Å². The number of primary amides is 1. The molecule has 1 aromatic heterocycles. The van der Waals surface area contributed by atoms with Gasteiger partial charge >= 0.3 is 0 Å². The molecule has 4 rings (SSSR count). The second kappa shape index (κ2) is 10.2. The summed E-state index contributed by atoms with van der Waals surface area (Å²) in [5.41, 5.74) is 8.79. The molecule has 1 atom stereocenters. The average molecular weight is 482 g/mol. The Morgan fingerprint density at radius 1 is 1.12 bits per heavy atom. The molecule has 3 aromatic rings. The van der Waals surface area contributed by atoms with Crippen molar-refractivity contribution >= 4 is 40.6 Å². The Bertz CT molecular complexity index is 1190. The van der Waals surface area contributed by atoms with E-state index in [-0.39, 0.29) is 29.0 Å². The normalized spacial score (nSPS) is 13.7. The van der Waals surface area contributed by atoms with Crippen molar-refractivity contribution in [2.75, 3.05) is 5.75 Å². The lowest BCUT2D eigenvalue weighted by molar-refractivity contribution is -0.387. The van der Waals surface area contributed by atoms with Gasteiger partial charge in [-0.15, -0.1) is 23.1 Å². The van der Waals surface area contributed by atoms with Crippen LogP contribution in [0, 0.1) is 10.1 Å². The number of rotatable bonds is 8. The third-order valence-corrected chi connectivity index (χ3v) is 7.64. The number of benzene rings is 2. The molecule has 2 amide bonds. The van der Waals surface area contributed by atoms with Crippen LogP contribution < -0.4 is 11.1 Å². The number of thioether (sulfide) groups is 1. The Morgan fingerprint density at radius 2 is 1.91 bits per heavy atom. The third-order valence-electron chi connectivity index (χ3n) is 5.64. The van der Waals surface area contributed by atoms with E-state index in [0.29, 0.717) is 4.90 Å². The highest BCUT2D eigenvalue weighted by atomic mass is 32.2. The number of hydrogen-bond acceptors (Lipinski definition) is 6. The first-order chi connectivity index (χ1) is 15.9. The fourth-order valence-electron chi connectivity index (χ4n) is 3.99. The molecule has 1 aliphatic rings. The van der Waals surface area contributed by atoms with Crippen LogP contribution in [0.2, 0.25) is 0 Å². The first-order valence-corrected chi connectivity index (χ1v) is 12.4. The lowest BCUT2D eigenvalue weighted by atomic mass is 9.89. The molecule has 3 N–H and O–H groups in total. The highest BCUT2D eigenvalue weighted by Crippen LogP contribution is 2.32. The number of aryl methyl sites for hydroxylation is 2. The predicted molar refractivity (Wildman–Crippen MR) is 130 cm³/mol. The van der Waals surface area contributed by atoms with Crippen molar-refractivity contribution in [1.29, 1.82) is 0 Å². The summed E-state index contributed by atoms with van der Waals surface area (Å²) in [6.45, 7) is 0. The Kier molecular flexibility index (Phi) is 7.10.